The molecule has 0 spiro atoms. The average molecular weight is 279 g/mol. The van der Waals surface area contributed by atoms with Crippen LogP contribution in [0.2, 0.25) is 0 Å². The molecule has 0 N–H and O–H groups in total. The second-order valence-corrected chi connectivity index (χ2v) is 4.20. The van der Waals surface area contributed by atoms with E-state index in [4.69, 9.17) is 9.47 Å². The fraction of sp³-hybridized carbons (Fsp3) is 0.0625. The fourth-order valence-corrected chi connectivity index (χ4v) is 1.92. The number of hydrogen-bond acceptors (Lipinski definition) is 5. The molecule has 3 aromatic rings. The maximum atomic E-state index is 5.81. The third-order valence-corrected chi connectivity index (χ3v) is 2.88. The Morgan fingerprint density at radius 3 is 2.52 bits per heavy atom. The van der Waals surface area contributed by atoms with E-state index >= 15 is 0 Å². The molecule has 5 heteroatoms. The van der Waals surface area contributed by atoms with E-state index in [9.17, 15) is 0 Å². The summed E-state index contributed by atoms with van der Waals surface area (Å²) in [6.45, 7) is 0. The maximum absolute atomic E-state index is 5.81. The third kappa shape index (κ3) is 2.81. The van der Waals surface area contributed by atoms with Crippen LogP contribution in [0.4, 0.5) is 0 Å². The van der Waals surface area contributed by atoms with Gasteiger partial charge in [-0.1, -0.05) is 18.2 Å². The molecule has 104 valence electrons. The summed E-state index contributed by atoms with van der Waals surface area (Å²) in [6.07, 6.45) is 6.54. The average Bonchev–Trinajstić information content (AvgIpc) is 2.56. The van der Waals surface area contributed by atoms with Crippen molar-refractivity contribution in [2.45, 2.75) is 0 Å². The molecule has 0 saturated carbocycles. The second kappa shape index (κ2) is 6.00. The van der Waals surface area contributed by atoms with Crippen molar-refractivity contribution in [3.63, 3.8) is 0 Å². The lowest BCUT2D eigenvalue weighted by Gasteiger charge is -2.11. The topological polar surface area (TPSA) is 57.1 Å². The number of nitrogens with zero attached hydrogens (tertiary/aromatic N) is 3. The molecule has 2 aromatic heterocycles. The van der Waals surface area contributed by atoms with Crippen molar-refractivity contribution in [2.24, 2.45) is 0 Å². The number of hydrogen-bond donors (Lipinski definition) is 0. The summed E-state index contributed by atoms with van der Waals surface area (Å²) in [4.78, 5) is 12.7. The van der Waals surface area contributed by atoms with E-state index in [-0.39, 0.29) is 0 Å². The van der Waals surface area contributed by atoms with Crippen LogP contribution in [0, 0.1) is 0 Å². The second-order valence-electron chi connectivity index (χ2n) is 4.20. The Labute approximate surface area is 122 Å². The Kier molecular flexibility index (Phi) is 3.73. The van der Waals surface area contributed by atoms with Crippen LogP contribution in [0.5, 0.6) is 17.4 Å². The lowest BCUT2D eigenvalue weighted by molar-refractivity contribution is 0.414. The van der Waals surface area contributed by atoms with E-state index in [0.717, 1.165) is 5.56 Å². The lowest BCUT2D eigenvalue weighted by Crippen LogP contribution is -1.96. The Hall–Kier alpha value is -2.95. The van der Waals surface area contributed by atoms with Crippen molar-refractivity contribution < 1.29 is 9.47 Å². The van der Waals surface area contributed by atoms with Gasteiger partial charge in [0.05, 0.1) is 12.7 Å². The van der Waals surface area contributed by atoms with Gasteiger partial charge in [-0.2, -0.15) is 0 Å². The minimum absolute atomic E-state index is 0.412. The van der Waals surface area contributed by atoms with Gasteiger partial charge in [0.15, 0.2) is 0 Å². The molecule has 0 aliphatic heterocycles. The van der Waals surface area contributed by atoms with Crippen LogP contribution in [0.1, 0.15) is 0 Å². The highest BCUT2D eigenvalue weighted by Gasteiger charge is 2.14. The van der Waals surface area contributed by atoms with Crippen LogP contribution in [0.15, 0.2) is 61.2 Å². The molecule has 2 heterocycles. The molecule has 0 unspecified atom stereocenters. The van der Waals surface area contributed by atoms with E-state index in [0.29, 0.717) is 23.1 Å². The lowest BCUT2D eigenvalue weighted by atomic mass is 10.2. The number of benzene rings is 1. The number of methoxy groups -OCH3 is 1. The zero-order valence-corrected chi connectivity index (χ0v) is 11.4. The minimum Gasteiger partial charge on any atom is -0.496 e. The van der Waals surface area contributed by atoms with Gasteiger partial charge in [-0.15, -0.1) is 0 Å². The van der Waals surface area contributed by atoms with Gasteiger partial charge in [-0.3, -0.25) is 4.98 Å². The molecule has 0 fully saturated rings. The predicted molar refractivity (Wildman–Crippen MR) is 78.3 cm³/mol. The van der Waals surface area contributed by atoms with Gasteiger partial charge in [-0.05, 0) is 18.2 Å². The molecule has 0 bridgehead atoms. The van der Waals surface area contributed by atoms with Crippen LogP contribution >= 0.6 is 0 Å². The van der Waals surface area contributed by atoms with Crippen LogP contribution in [-0.2, 0) is 0 Å². The van der Waals surface area contributed by atoms with E-state index in [2.05, 4.69) is 15.0 Å². The fourth-order valence-electron chi connectivity index (χ4n) is 1.92. The van der Waals surface area contributed by atoms with Crippen molar-refractivity contribution in [2.75, 3.05) is 7.11 Å². The summed E-state index contributed by atoms with van der Waals surface area (Å²) < 4.78 is 11.1. The number of ether oxygens (including phenoxy) is 2. The Bertz CT molecular complexity index is 732. The van der Waals surface area contributed by atoms with Crippen molar-refractivity contribution in [3.05, 3.63) is 61.2 Å². The SMILES string of the molecule is COc1ccncc1-c1nccnc1Oc1ccccc1. The van der Waals surface area contributed by atoms with Gasteiger partial charge in [0.2, 0.25) is 5.88 Å². The highest BCUT2D eigenvalue weighted by Crippen LogP contribution is 2.34. The first kappa shape index (κ1) is 13.1. The standard InChI is InChI=1S/C16H13N3O2/c1-20-14-7-8-17-11-13(14)15-16(19-10-9-18-15)21-12-5-3-2-4-6-12/h2-11H,1H3. The molecule has 0 atom stereocenters. The smallest absolute Gasteiger partial charge is 0.246 e. The molecule has 0 amide bonds. The number of aromatic nitrogens is 3. The molecule has 0 radical (unpaired) electrons. The van der Waals surface area contributed by atoms with E-state index < -0.39 is 0 Å². The molecule has 3 rings (SSSR count). The highest BCUT2D eigenvalue weighted by atomic mass is 16.5. The summed E-state index contributed by atoms with van der Waals surface area (Å²) in [7, 11) is 1.60. The van der Waals surface area contributed by atoms with Crippen molar-refractivity contribution in [1.82, 2.24) is 15.0 Å². The molecular weight excluding hydrogens is 266 g/mol. The molecule has 0 saturated heterocycles. The summed E-state index contributed by atoms with van der Waals surface area (Å²) in [5.74, 6) is 1.78. The van der Waals surface area contributed by atoms with Gasteiger partial charge >= 0.3 is 0 Å². The van der Waals surface area contributed by atoms with E-state index in [1.54, 1.807) is 38.0 Å². The van der Waals surface area contributed by atoms with Crippen LogP contribution in [0.25, 0.3) is 11.3 Å². The Balaban J connectivity index is 2.04. The first-order valence-electron chi connectivity index (χ1n) is 6.41. The monoisotopic (exact) mass is 279 g/mol. The van der Waals surface area contributed by atoms with Gasteiger partial charge in [-0.25, -0.2) is 9.97 Å². The van der Waals surface area contributed by atoms with Gasteiger partial charge in [0.25, 0.3) is 0 Å². The summed E-state index contributed by atoms with van der Waals surface area (Å²) in [5, 5.41) is 0. The molecule has 0 aliphatic rings. The molecular formula is C16H13N3O2. The zero-order valence-electron chi connectivity index (χ0n) is 11.4. The Morgan fingerprint density at radius 1 is 0.905 bits per heavy atom. The highest BCUT2D eigenvalue weighted by molar-refractivity contribution is 5.70. The van der Waals surface area contributed by atoms with Gasteiger partial charge in [0.1, 0.15) is 17.2 Å². The first-order valence-corrected chi connectivity index (χ1v) is 6.41. The van der Waals surface area contributed by atoms with Gasteiger partial charge < -0.3 is 9.47 Å². The molecule has 1 aromatic carbocycles. The maximum Gasteiger partial charge on any atom is 0.246 e. The normalized spacial score (nSPS) is 10.1. The largest absolute Gasteiger partial charge is 0.496 e. The van der Waals surface area contributed by atoms with Crippen molar-refractivity contribution in [3.8, 4) is 28.6 Å². The first-order chi connectivity index (χ1) is 10.4. The number of rotatable bonds is 4. The molecule has 0 aliphatic carbocycles. The van der Waals surface area contributed by atoms with Crippen molar-refractivity contribution in [1.29, 1.82) is 0 Å². The predicted octanol–water partition coefficient (Wildman–Crippen LogP) is 3.34. The van der Waals surface area contributed by atoms with Gasteiger partial charge in [0, 0.05) is 24.8 Å². The minimum atomic E-state index is 0.412. The summed E-state index contributed by atoms with van der Waals surface area (Å²) in [5.41, 5.74) is 1.32. The van der Waals surface area contributed by atoms with Crippen LogP contribution in [-0.4, -0.2) is 22.1 Å². The summed E-state index contributed by atoms with van der Waals surface area (Å²) >= 11 is 0. The summed E-state index contributed by atoms with van der Waals surface area (Å²) in [6, 6.07) is 11.2. The molecule has 5 nitrogen and oxygen atoms in total. The number of pyridine rings is 1. The van der Waals surface area contributed by atoms with Crippen molar-refractivity contribution >= 4 is 0 Å². The zero-order chi connectivity index (χ0) is 14.5. The third-order valence-electron chi connectivity index (χ3n) is 2.88. The Morgan fingerprint density at radius 2 is 1.71 bits per heavy atom. The number of para-hydroxylation sites is 1. The molecule has 21 heavy (non-hydrogen) atoms. The van der Waals surface area contributed by atoms with E-state index in [1.165, 1.54) is 0 Å². The quantitative estimate of drug-likeness (QED) is 0.733. The van der Waals surface area contributed by atoms with Crippen LogP contribution < -0.4 is 9.47 Å². The van der Waals surface area contributed by atoms with E-state index in [1.807, 2.05) is 30.3 Å². The van der Waals surface area contributed by atoms with Crippen LogP contribution in [0.3, 0.4) is 0 Å².